The smallest absolute Gasteiger partial charge is 0.426 e. The summed E-state index contributed by atoms with van der Waals surface area (Å²) in [7, 11) is 0. The van der Waals surface area contributed by atoms with Crippen LogP contribution in [0.2, 0.25) is 5.02 Å². The number of carbonyl (C=O) groups is 1. The SMILES string of the molecule is Cl.O=C(Nc1ccc(Cl)cc1)OC(CN1CCO[C@@H](c2ccc(F)c(C(F)(F)F)c2)C1)C(F)(F)F. The first-order valence-electron chi connectivity index (χ1n) is 9.83. The number of nitrogens with one attached hydrogen (secondary N) is 1. The van der Waals surface area contributed by atoms with Crippen molar-refractivity contribution < 1.29 is 45.0 Å². The van der Waals surface area contributed by atoms with Crippen LogP contribution in [0.5, 0.6) is 0 Å². The Kier molecular flexibility index (Phi) is 9.63. The predicted octanol–water partition coefficient (Wildman–Crippen LogP) is 6.47. The highest BCUT2D eigenvalue weighted by molar-refractivity contribution is 6.30. The Morgan fingerprint density at radius 3 is 2.40 bits per heavy atom. The summed E-state index contributed by atoms with van der Waals surface area (Å²) in [5.74, 6) is -1.47. The van der Waals surface area contributed by atoms with E-state index in [-0.39, 0.29) is 43.4 Å². The molecule has 2 atom stereocenters. The average Bonchev–Trinajstić information content (AvgIpc) is 2.74. The van der Waals surface area contributed by atoms with Gasteiger partial charge in [-0.05, 0) is 42.0 Å². The number of ether oxygens (including phenoxy) is 2. The molecule has 194 valence electrons. The topological polar surface area (TPSA) is 50.8 Å². The second-order valence-electron chi connectivity index (χ2n) is 7.42. The second-order valence-corrected chi connectivity index (χ2v) is 7.86. The maximum atomic E-state index is 13.6. The highest BCUT2D eigenvalue weighted by atomic mass is 35.5. The third kappa shape index (κ3) is 8.13. The fraction of sp³-hybridized carbons (Fsp3) is 0.381. The molecule has 35 heavy (non-hydrogen) atoms. The molecule has 3 rings (SSSR count). The van der Waals surface area contributed by atoms with E-state index in [2.05, 4.69) is 10.1 Å². The molecule has 2 aromatic carbocycles. The van der Waals surface area contributed by atoms with Crippen LogP contribution in [-0.4, -0.2) is 49.5 Å². The molecular weight excluding hydrogens is 532 g/mol. The van der Waals surface area contributed by atoms with Gasteiger partial charge in [0.2, 0.25) is 6.10 Å². The molecule has 2 aromatic rings. The maximum absolute atomic E-state index is 13.6. The van der Waals surface area contributed by atoms with Crippen LogP contribution in [0, 0.1) is 5.82 Å². The molecule has 5 nitrogen and oxygen atoms in total. The Hall–Kier alpha value is -2.28. The van der Waals surface area contributed by atoms with Crippen molar-refractivity contribution in [1.29, 1.82) is 0 Å². The van der Waals surface area contributed by atoms with Crippen molar-refractivity contribution >= 4 is 35.8 Å². The van der Waals surface area contributed by atoms with Gasteiger partial charge in [-0.3, -0.25) is 10.2 Å². The minimum absolute atomic E-state index is 0. The van der Waals surface area contributed by atoms with Crippen molar-refractivity contribution in [3.63, 3.8) is 0 Å². The molecule has 0 bridgehead atoms. The number of carbonyl (C=O) groups excluding carboxylic acids is 1. The summed E-state index contributed by atoms with van der Waals surface area (Å²) in [4.78, 5) is 13.2. The number of amides is 1. The summed E-state index contributed by atoms with van der Waals surface area (Å²) >= 11 is 5.71. The van der Waals surface area contributed by atoms with Crippen LogP contribution in [0.25, 0.3) is 0 Å². The van der Waals surface area contributed by atoms with Crippen LogP contribution in [0.15, 0.2) is 42.5 Å². The molecule has 1 amide bonds. The molecule has 0 radical (unpaired) electrons. The third-order valence-corrected chi connectivity index (χ3v) is 5.20. The molecule has 1 N–H and O–H groups in total. The number of rotatable bonds is 5. The van der Waals surface area contributed by atoms with Gasteiger partial charge < -0.3 is 9.47 Å². The number of alkyl halides is 6. The van der Waals surface area contributed by atoms with E-state index in [4.69, 9.17) is 16.3 Å². The quantitative estimate of drug-likeness (QED) is 0.433. The number of benzene rings is 2. The Morgan fingerprint density at radius 2 is 1.80 bits per heavy atom. The molecular formula is C21H19Cl2F7N2O3. The van der Waals surface area contributed by atoms with Crippen molar-refractivity contribution in [3.05, 3.63) is 64.4 Å². The Bertz CT molecular complexity index is 1000. The highest BCUT2D eigenvalue weighted by Crippen LogP contribution is 2.34. The standard InChI is InChI=1S/C21H18ClF7N2O3.ClH/c22-13-2-4-14(5-3-13)30-19(32)34-18(21(27,28)29)11-31-7-8-33-17(10-31)12-1-6-16(23)15(9-12)20(24,25)26;/h1-6,9,17-18H,7-8,10-11H2,(H,30,32);1H/t17-,18?;/m1./s1. The molecule has 0 saturated carbocycles. The summed E-state index contributed by atoms with van der Waals surface area (Å²) in [6.07, 6.45) is -14.8. The third-order valence-electron chi connectivity index (χ3n) is 4.95. The van der Waals surface area contributed by atoms with Gasteiger partial charge in [0.15, 0.2) is 0 Å². The number of anilines is 1. The molecule has 0 aromatic heterocycles. The first kappa shape index (κ1) is 29.0. The van der Waals surface area contributed by atoms with Gasteiger partial charge in [0.25, 0.3) is 0 Å². The minimum atomic E-state index is -4.94. The zero-order chi connectivity index (χ0) is 25.1. The monoisotopic (exact) mass is 550 g/mol. The molecule has 0 aliphatic carbocycles. The zero-order valence-corrected chi connectivity index (χ0v) is 19.2. The van der Waals surface area contributed by atoms with Gasteiger partial charge in [0.05, 0.1) is 18.3 Å². The van der Waals surface area contributed by atoms with Gasteiger partial charge in [-0.2, -0.15) is 26.3 Å². The second kappa shape index (κ2) is 11.6. The maximum Gasteiger partial charge on any atom is 0.426 e. The van der Waals surface area contributed by atoms with Gasteiger partial charge >= 0.3 is 18.4 Å². The fourth-order valence-electron chi connectivity index (χ4n) is 3.28. The fourth-order valence-corrected chi connectivity index (χ4v) is 3.41. The molecule has 14 heteroatoms. The van der Waals surface area contributed by atoms with Crippen LogP contribution in [0.4, 0.5) is 41.2 Å². The number of hydrogen-bond donors (Lipinski definition) is 1. The lowest BCUT2D eigenvalue weighted by Gasteiger charge is -2.35. The summed E-state index contributed by atoms with van der Waals surface area (Å²) in [6, 6.07) is 7.87. The van der Waals surface area contributed by atoms with E-state index in [1.165, 1.54) is 29.2 Å². The molecule has 1 saturated heterocycles. The molecule has 1 fully saturated rings. The minimum Gasteiger partial charge on any atom is -0.435 e. The number of hydrogen-bond acceptors (Lipinski definition) is 4. The van der Waals surface area contributed by atoms with E-state index in [9.17, 15) is 35.5 Å². The molecule has 1 aliphatic rings. The van der Waals surface area contributed by atoms with Gasteiger partial charge in [0.1, 0.15) is 5.82 Å². The van der Waals surface area contributed by atoms with Gasteiger partial charge in [0, 0.05) is 30.3 Å². The summed E-state index contributed by atoms with van der Waals surface area (Å²) in [5, 5.41) is 2.52. The largest absolute Gasteiger partial charge is 0.435 e. The van der Waals surface area contributed by atoms with Crippen LogP contribution in [-0.2, 0) is 15.7 Å². The van der Waals surface area contributed by atoms with Gasteiger partial charge in [-0.25, -0.2) is 9.18 Å². The highest BCUT2D eigenvalue weighted by Gasteiger charge is 2.44. The lowest BCUT2D eigenvalue weighted by molar-refractivity contribution is -0.209. The van der Waals surface area contributed by atoms with E-state index in [0.29, 0.717) is 17.2 Å². The van der Waals surface area contributed by atoms with Gasteiger partial charge in [-0.1, -0.05) is 17.7 Å². The Balaban J connectivity index is 0.00000432. The average molecular weight is 551 g/mol. The van der Waals surface area contributed by atoms with Crippen molar-refractivity contribution in [1.82, 2.24) is 4.90 Å². The summed E-state index contributed by atoms with van der Waals surface area (Å²) in [5.41, 5.74) is -1.37. The Morgan fingerprint density at radius 1 is 1.14 bits per heavy atom. The summed E-state index contributed by atoms with van der Waals surface area (Å²) < 4.78 is 103. The summed E-state index contributed by atoms with van der Waals surface area (Å²) in [6.45, 7) is -1.08. The lowest BCUT2D eigenvalue weighted by Crippen LogP contribution is -2.48. The van der Waals surface area contributed by atoms with E-state index in [1.54, 1.807) is 0 Å². The van der Waals surface area contributed by atoms with Crippen molar-refractivity contribution in [3.8, 4) is 0 Å². The number of nitrogens with zero attached hydrogens (tertiary/aromatic N) is 1. The predicted molar refractivity (Wildman–Crippen MR) is 115 cm³/mol. The zero-order valence-electron chi connectivity index (χ0n) is 17.6. The van der Waals surface area contributed by atoms with Crippen LogP contribution < -0.4 is 5.32 Å². The van der Waals surface area contributed by atoms with E-state index in [0.717, 1.165) is 6.07 Å². The van der Waals surface area contributed by atoms with Crippen molar-refractivity contribution in [2.75, 3.05) is 31.6 Å². The van der Waals surface area contributed by atoms with Crippen molar-refractivity contribution in [2.45, 2.75) is 24.6 Å². The van der Waals surface area contributed by atoms with E-state index < -0.39 is 48.6 Å². The van der Waals surface area contributed by atoms with Crippen LogP contribution >= 0.6 is 24.0 Å². The van der Waals surface area contributed by atoms with Crippen LogP contribution in [0.3, 0.4) is 0 Å². The van der Waals surface area contributed by atoms with Gasteiger partial charge in [-0.15, -0.1) is 12.4 Å². The van der Waals surface area contributed by atoms with E-state index >= 15 is 0 Å². The number of morpholine rings is 1. The normalized spacial score (nSPS) is 17.9. The molecule has 1 heterocycles. The molecule has 1 aliphatic heterocycles. The molecule has 1 unspecified atom stereocenters. The Labute approximate surface area is 206 Å². The number of halogens is 9. The van der Waals surface area contributed by atoms with Crippen LogP contribution in [0.1, 0.15) is 17.2 Å². The molecule has 0 spiro atoms. The first-order valence-corrected chi connectivity index (χ1v) is 10.2. The van der Waals surface area contributed by atoms with Crippen molar-refractivity contribution in [2.24, 2.45) is 0 Å². The lowest BCUT2D eigenvalue weighted by atomic mass is 10.0. The first-order chi connectivity index (χ1) is 15.8. The van der Waals surface area contributed by atoms with E-state index in [1.807, 2.05) is 0 Å².